The highest BCUT2D eigenvalue weighted by Crippen LogP contribution is 2.28. The van der Waals surface area contributed by atoms with Crippen LogP contribution in [0.15, 0.2) is 58.4 Å². The Morgan fingerprint density at radius 2 is 1.74 bits per heavy atom. The van der Waals surface area contributed by atoms with Gasteiger partial charge in [0.25, 0.3) is 5.56 Å². The molecule has 0 bridgehead atoms. The zero-order valence-corrected chi connectivity index (χ0v) is 28.6. The molecule has 0 radical (unpaired) electrons. The first-order valence-corrected chi connectivity index (χ1v) is 15.6. The number of carbonyl (C=O) groups is 1. The lowest BCUT2D eigenvalue weighted by molar-refractivity contribution is 0.243. The number of urea groups is 1. The number of anilines is 1. The molecule has 0 unspecified atom stereocenters. The van der Waals surface area contributed by atoms with Gasteiger partial charge < -0.3 is 42.9 Å². The number of amides is 2. The van der Waals surface area contributed by atoms with E-state index in [0.717, 1.165) is 37.1 Å². The fraction of sp³-hybridized carbons (Fsp3) is 0.455. The van der Waals surface area contributed by atoms with E-state index in [0.29, 0.717) is 47.5 Å². The Bertz CT molecular complexity index is 1470. The molecule has 0 atom stereocenters. The maximum Gasteiger partial charge on any atom is 0.319 e. The van der Waals surface area contributed by atoms with Crippen LogP contribution < -0.4 is 43.4 Å². The summed E-state index contributed by atoms with van der Waals surface area (Å²) in [5.74, 6) is 1.35. The number of rotatable bonds is 12. The summed E-state index contributed by atoms with van der Waals surface area (Å²) in [6.07, 6.45) is 3.26. The molecule has 10 N–H and O–H groups in total. The Hall–Kier alpha value is -4.13. The molecule has 0 spiro atoms. The van der Waals surface area contributed by atoms with E-state index in [4.69, 9.17) is 33.5 Å². The van der Waals surface area contributed by atoms with Crippen LogP contribution in [0.5, 0.6) is 5.75 Å². The van der Waals surface area contributed by atoms with Gasteiger partial charge >= 0.3 is 6.03 Å². The quantitative estimate of drug-likeness (QED) is 0.0841. The molecule has 1 aromatic heterocycles. The van der Waals surface area contributed by atoms with Gasteiger partial charge in [0, 0.05) is 41.3 Å². The van der Waals surface area contributed by atoms with Crippen molar-refractivity contribution < 1.29 is 9.53 Å². The van der Waals surface area contributed by atoms with Crippen molar-refractivity contribution in [3.8, 4) is 16.9 Å². The maximum absolute atomic E-state index is 12.4. The first kappa shape index (κ1) is 38.1. The van der Waals surface area contributed by atoms with Gasteiger partial charge in [-0.1, -0.05) is 56.6 Å². The van der Waals surface area contributed by atoms with Gasteiger partial charge in [0.2, 0.25) is 0 Å². The van der Waals surface area contributed by atoms with E-state index in [9.17, 15) is 9.59 Å². The van der Waals surface area contributed by atoms with Crippen LogP contribution in [-0.4, -0.2) is 53.7 Å². The SMILES string of the molecule is CC(C)(C)NC(=O)Nc1ccc(Cl)cc1OCCCN.CC(C)(C)c1ncc(-c2ccc(CNCCCN=C(N)N)cc2)c(=O)[nH]1. The minimum Gasteiger partial charge on any atom is -0.491 e. The molecule has 2 aromatic carbocycles. The summed E-state index contributed by atoms with van der Waals surface area (Å²) in [5, 5.41) is 9.46. The molecule has 2 amide bonds. The lowest BCUT2D eigenvalue weighted by Crippen LogP contribution is -2.43. The second-order valence-electron chi connectivity index (χ2n) is 12.7. The van der Waals surface area contributed by atoms with Crippen LogP contribution in [-0.2, 0) is 12.0 Å². The molecule has 0 aliphatic carbocycles. The summed E-state index contributed by atoms with van der Waals surface area (Å²) >= 11 is 5.94. The molecule has 0 aliphatic rings. The molecule has 1 heterocycles. The van der Waals surface area contributed by atoms with Crippen LogP contribution in [0, 0.1) is 0 Å². The largest absolute Gasteiger partial charge is 0.491 e. The summed E-state index contributed by atoms with van der Waals surface area (Å²) in [5.41, 5.74) is 18.5. The van der Waals surface area contributed by atoms with E-state index in [-0.39, 0.29) is 28.5 Å². The number of nitrogens with one attached hydrogen (secondary N) is 4. The lowest BCUT2D eigenvalue weighted by Gasteiger charge is -2.21. The van der Waals surface area contributed by atoms with Crippen LogP contribution in [0.4, 0.5) is 10.5 Å². The molecular formula is C33H50ClN9O3. The first-order valence-electron chi connectivity index (χ1n) is 15.3. The Balaban J connectivity index is 0.000000332. The number of H-pyrrole nitrogens is 1. The average molecular weight is 656 g/mol. The van der Waals surface area contributed by atoms with Crippen molar-refractivity contribution in [1.82, 2.24) is 20.6 Å². The summed E-state index contributed by atoms with van der Waals surface area (Å²) in [7, 11) is 0. The normalized spacial score (nSPS) is 11.2. The smallest absolute Gasteiger partial charge is 0.319 e. The number of ether oxygens (including phenoxy) is 1. The predicted molar refractivity (Wildman–Crippen MR) is 189 cm³/mol. The highest BCUT2D eigenvalue weighted by molar-refractivity contribution is 6.30. The van der Waals surface area contributed by atoms with Crippen LogP contribution in [0.25, 0.3) is 11.1 Å². The summed E-state index contributed by atoms with van der Waals surface area (Å²) < 4.78 is 5.58. The van der Waals surface area contributed by atoms with E-state index >= 15 is 0 Å². The van der Waals surface area contributed by atoms with E-state index in [1.807, 2.05) is 65.8 Å². The summed E-state index contributed by atoms with van der Waals surface area (Å²) in [4.78, 5) is 35.4. The maximum atomic E-state index is 12.4. The van der Waals surface area contributed by atoms with Gasteiger partial charge in [0.15, 0.2) is 5.96 Å². The van der Waals surface area contributed by atoms with Crippen molar-refractivity contribution in [2.24, 2.45) is 22.2 Å². The van der Waals surface area contributed by atoms with E-state index < -0.39 is 0 Å². The third-order valence-electron chi connectivity index (χ3n) is 6.20. The van der Waals surface area contributed by atoms with Crippen LogP contribution in [0.2, 0.25) is 5.02 Å². The molecule has 0 saturated heterocycles. The van der Waals surface area contributed by atoms with Crippen LogP contribution in [0.3, 0.4) is 0 Å². The molecule has 0 saturated carbocycles. The second-order valence-corrected chi connectivity index (χ2v) is 13.2. The van der Waals surface area contributed by atoms with Crippen LogP contribution >= 0.6 is 11.6 Å². The zero-order chi connectivity index (χ0) is 34.3. The van der Waals surface area contributed by atoms with Crippen molar-refractivity contribution in [3.05, 3.63) is 75.4 Å². The lowest BCUT2D eigenvalue weighted by atomic mass is 9.95. The molecule has 0 aliphatic heterocycles. The van der Waals surface area contributed by atoms with Crippen molar-refractivity contribution in [2.75, 3.05) is 31.6 Å². The summed E-state index contributed by atoms with van der Waals surface area (Å²) in [6, 6.07) is 12.7. The molecule has 3 aromatic rings. The highest BCUT2D eigenvalue weighted by Gasteiger charge is 2.18. The predicted octanol–water partition coefficient (Wildman–Crippen LogP) is 4.48. The van der Waals surface area contributed by atoms with Gasteiger partial charge in [-0.3, -0.25) is 9.79 Å². The molecule has 0 fully saturated rings. The van der Waals surface area contributed by atoms with Crippen molar-refractivity contribution in [1.29, 1.82) is 0 Å². The van der Waals surface area contributed by atoms with Crippen molar-refractivity contribution in [3.63, 3.8) is 0 Å². The van der Waals surface area contributed by atoms with Crippen molar-refractivity contribution in [2.45, 2.75) is 71.9 Å². The van der Waals surface area contributed by atoms with Gasteiger partial charge in [0.1, 0.15) is 11.6 Å². The number of guanidine groups is 1. The number of halogens is 1. The molecule has 3 rings (SSSR count). The monoisotopic (exact) mass is 655 g/mol. The number of aliphatic imine (C=N–C) groups is 1. The minimum absolute atomic E-state index is 0.115. The van der Waals surface area contributed by atoms with Gasteiger partial charge in [-0.2, -0.15) is 0 Å². The minimum atomic E-state index is -0.308. The Morgan fingerprint density at radius 1 is 1.04 bits per heavy atom. The van der Waals surface area contributed by atoms with Crippen LogP contribution in [0.1, 0.15) is 65.8 Å². The van der Waals surface area contributed by atoms with Gasteiger partial charge in [-0.25, -0.2) is 9.78 Å². The van der Waals surface area contributed by atoms with E-state index in [1.54, 1.807) is 24.4 Å². The Kier molecular flexibility index (Phi) is 15.0. The molecule has 46 heavy (non-hydrogen) atoms. The first-order chi connectivity index (χ1) is 21.6. The Morgan fingerprint density at radius 3 is 2.33 bits per heavy atom. The van der Waals surface area contributed by atoms with Gasteiger partial charge in [-0.05, 0) is 70.0 Å². The van der Waals surface area contributed by atoms with Gasteiger partial charge in [0.05, 0.1) is 17.9 Å². The van der Waals surface area contributed by atoms with Crippen molar-refractivity contribution >= 4 is 29.3 Å². The second kappa shape index (κ2) is 18.1. The number of carbonyl (C=O) groups excluding carboxylic acids is 1. The molecule has 252 valence electrons. The number of hydrogen-bond acceptors (Lipinski definition) is 7. The molecular weight excluding hydrogens is 606 g/mol. The fourth-order valence-corrected chi connectivity index (χ4v) is 4.07. The number of hydrogen-bond donors (Lipinski definition) is 7. The standard InChI is InChI=1S/C19H28N6O.C14H22ClN3O2/c1-19(2,3)17-24-12-15(16(26)25-17)14-7-5-13(6-8-14)11-22-9-4-10-23-18(20)21;1-14(2,3)18-13(19)17-11-6-5-10(15)9-12(11)20-8-4-7-16/h5-8,12,22H,4,9-11H2,1-3H3,(H4,20,21,23)(H,24,25,26);5-6,9H,4,7-8,16H2,1-3H3,(H2,17,18,19). The number of benzene rings is 2. The van der Waals surface area contributed by atoms with E-state index in [1.165, 1.54) is 0 Å². The fourth-order valence-electron chi connectivity index (χ4n) is 3.91. The third kappa shape index (κ3) is 14.3. The van der Waals surface area contributed by atoms with E-state index in [2.05, 4.69) is 30.9 Å². The van der Waals surface area contributed by atoms with Gasteiger partial charge in [-0.15, -0.1) is 0 Å². The zero-order valence-electron chi connectivity index (χ0n) is 27.8. The number of aromatic amines is 1. The average Bonchev–Trinajstić information content (AvgIpc) is 2.95. The third-order valence-corrected chi connectivity index (χ3v) is 6.43. The molecule has 13 heteroatoms. The molecule has 12 nitrogen and oxygen atoms in total. The Labute approximate surface area is 276 Å². The number of nitrogens with two attached hydrogens (primary N) is 3. The number of nitrogens with zero attached hydrogens (tertiary/aromatic N) is 2. The topological polar surface area (TPSA) is 199 Å². The highest BCUT2D eigenvalue weighted by atomic mass is 35.5. The summed E-state index contributed by atoms with van der Waals surface area (Å²) in [6.45, 7) is 15.0. The number of aromatic nitrogens is 2.